The fourth-order valence-corrected chi connectivity index (χ4v) is 2.88. The molecule has 0 saturated carbocycles. The number of nitrogens with one attached hydrogen (secondary N) is 1. The Morgan fingerprint density at radius 3 is 3.00 bits per heavy atom. The molecule has 1 aromatic carbocycles. The quantitative estimate of drug-likeness (QED) is 0.906. The van der Waals surface area contributed by atoms with Gasteiger partial charge in [-0.3, -0.25) is 0 Å². The number of rotatable bonds is 3. The second-order valence-corrected chi connectivity index (χ2v) is 6.31. The zero-order chi connectivity index (χ0) is 11.9. The Hall–Kier alpha value is -1.13. The van der Waals surface area contributed by atoms with Crippen LogP contribution in [0.4, 0.5) is 5.69 Å². The molecular weight excluding hydrogens is 232 g/mol. The lowest BCUT2D eigenvalue weighted by Crippen LogP contribution is -2.45. The summed E-state index contributed by atoms with van der Waals surface area (Å²) < 4.78 is 6.50. The van der Waals surface area contributed by atoms with Crippen molar-refractivity contribution in [3.8, 4) is 0 Å². The van der Waals surface area contributed by atoms with Gasteiger partial charge in [-0.15, -0.1) is 11.3 Å². The van der Waals surface area contributed by atoms with Crippen molar-refractivity contribution in [2.75, 3.05) is 25.1 Å². The van der Waals surface area contributed by atoms with Crippen molar-refractivity contribution >= 4 is 27.2 Å². The van der Waals surface area contributed by atoms with Crippen LogP contribution in [-0.4, -0.2) is 24.7 Å². The molecule has 2 aromatic rings. The predicted molar refractivity (Wildman–Crippen MR) is 71.8 cm³/mol. The molecule has 1 saturated heterocycles. The third-order valence-corrected chi connectivity index (χ3v) is 4.05. The Bertz CT molecular complexity index is 545. The maximum Gasteiger partial charge on any atom is 0.0907 e. The Morgan fingerprint density at radius 1 is 1.47 bits per heavy atom. The van der Waals surface area contributed by atoms with Gasteiger partial charge in [-0.2, -0.15) is 0 Å². The van der Waals surface area contributed by atoms with Crippen LogP contribution in [0.25, 0.3) is 10.2 Å². The van der Waals surface area contributed by atoms with E-state index in [1.165, 1.54) is 10.4 Å². The summed E-state index contributed by atoms with van der Waals surface area (Å²) >= 11 is 1.74. The normalized spacial score (nSPS) is 18.0. The van der Waals surface area contributed by atoms with E-state index in [9.17, 15) is 0 Å². The average molecular weight is 248 g/mol. The second-order valence-electron chi connectivity index (χ2n) is 5.07. The summed E-state index contributed by atoms with van der Waals surface area (Å²) in [5, 5.41) is 4.61. The highest BCUT2D eigenvalue weighted by molar-refractivity contribution is 7.18. The van der Waals surface area contributed by atoms with E-state index in [2.05, 4.69) is 35.4 Å². The van der Waals surface area contributed by atoms with Crippen LogP contribution in [0.2, 0.25) is 0 Å². The van der Waals surface area contributed by atoms with E-state index < -0.39 is 0 Å². The number of hydrogen-bond acceptors (Lipinski definition) is 4. The first-order valence-electron chi connectivity index (χ1n) is 5.84. The van der Waals surface area contributed by atoms with Crippen LogP contribution >= 0.6 is 11.3 Å². The van der Waals surface area contributed by atoms with Crippen molar-refractivity contribution in [2.45, 2.75) is 13.8 Å². The number of nitrogens with zero attached hydrogens (tertiary/aromatic N) is 1. The lowest BCUT2D eigenvalue weighted by atomic mass is 9.89. The molecule has 1 aromatic heterocycles. The summed E-state index contributed by atoms with van der Waals surface area (Å²) in [6.07, 6.45) is 0. The van der Waals surface area contributed by atoms with Crippen LogP contribution in [-0.2, 0) is 4.74 Å². The van der Waals surface area contributed by atoms with Crippen LogP contribution in [0.5, 0.6) is 0 Å². The second kappa shape index (κ2) is 3.96. The zero-order valence-corrected chi connectivity index (χ0v) is 10.9. The number of ether oxygens (including phenoxy) is 1. The molecule has 0 unspecified atom stereocenters. The highest BCUT2D eigenvalue weighted by atomic mass is 32.1. The largest absolute Gasteiger partial charge is 0.384 e. The Kier molecular flexibility index (Phi) is 2.56. The third kappa shape index (κ3) is 2.15. The monoisotopic (exact) mass is 248 g/mol. The van der Waals surface area contributed by atoms with Gasteiger partial charge in [0.2, 0.25) is 0 Å². The van der Waals surface area contributed by atoms with E-state index >= 15 is 0 Å². The van der Waals surface area contributed by atoms with Gasteiger partial charge in [-0.25, -0.2) is 4.98 Å². The van der Waals surface area contributed by atoms with Crippen molar-refractivity contribution in [1.82, 2.24) is 4.98 Å². The predicted octanol–water partition coefficient (Wildman–Crippen LogP) is 3.05. The Balaban J connectivity index is 1.76. The molecule has 4 heteroatoms. The van der Waals surface area contributed by atoms with E-state index in [0.29, 0.717) is 5.41 Å². The lowest BCUT2D eigenvalue weighted by molar-refractivity contribution is -0.0924. The number of thiazole rings is 1. The molecule has 0 aliphatic carbocycles. The number of anilines is 1. The van der Waals surface area contributed by atoms with Gasteiger partial charge in [0.25, 0.3) is 0 Å². The zero-order valence-electron chi connectivity index (χ0n) is 10.1. The van der Waals surface area contributed by atoms with E-state index in [1.807, 2.05) is 6.92 Å². The van der Waals surface area contributed by atoms with Crippen molar-refractivity contribution in [1.29, 1.82) is 0 Å². The summed E-state index contributed by atoms with van der Waals surface area (Å²) in [5.41, 5.74) is 2.57. The van der Waals surface area contributed by atoms with Gasteiger partial charge < -0.3 is 10.1 Å². The summed E-state index contributed by atoms with van der Waals surface area (Å²) in [6, 6.07) is 6.37. The molecule has 3 nitrogen and oxygen atoms in total. The van der Waals surface area contributed by atoms with Gasteiger partial charge in [0.1, 0.15) is 0 Å². The van der Waals surface area contributed by atoms with Gasteiger partial charge in [-0.1, -0.05) is 6.92 Å². The molecule has 1 aliphatic heterocycles. The molecule has 0 spiro atoms. The number of benzene rings is 1. The first-order chi connectivity index (χ1) is 8.15. The van der Waals surface area contributed by atoms with Gasteiger partial charge in [0.05, 0.1) is 28.4 Å². The summed E-state index contributed by atoms with van der Waals surface area (Å²) in [6.45, 7) is 6.99. The van der Waals surface area contributed by atoms with E-state index in [-0.39, 0.29) is 0 Å². The smallest absolute Gasteiger partial charge is 0.0907 e. The van der Waals surface area contributed by atoms with Crippen molar-refractivity contribution < 1.29 is 4.74 Å². The molecule has 1 aliphatic rings. The van der Waals surface area contributed by atoms with Gasteiger partial charge in [0.15, 0.2) is 0 Å². The minimum Gasteiger partial charge on any atom is -0.384 e. The SMILES string of the molecule is Cc1nc2ccc(NCC3(C)COC3)cc2s1. The molecule has 17 heavy (non-hydrogen) atoms. The fourth-order valence-electron chi connectivity index (χ4n) is 2.02. The van der Waals surface area contributed by atoms with Crippen molar-refractivity contribution in [3.63, 3.8) is 0 Å². The van der Waals surface area contributed by atoms with Crippen LogP contribution in [0.15, 0.2) is 18.2 Å². The molecule has 3 rings (SSSR count). The Labute approximate surface area is 105 Å². The molecule has 0 atom stereocenters. The number of fused-ring (bicyclic) bond motifs is 1. The highest BCUT2D eigenvalue weighted by Crippen LogP contribution is 2.28. The molecule has 0 radical (unpaired) electrons. The average Bonchev–Trinajstić information content (AvgIpc) is 2.63. The molecule has 1 fully saturated rings. The van der Waals surface area contributed by atoms with Crippen LogP contribution < -0.4 is 5.32 Å². The lowest BCUT2D eigenvalue weighted by Gasteiger charge is -2.38. The molecular formula is C13H16N2OS. The number of aromatic nitrogens is 1. The van der Waals surface area contributed by atoms with E-state index in [0.717, 1.165) is 30.3 Å². The molecule has 0 amide bonds. The topological polar surface area (TPSA) is 34.2 Å². The maximum atomic E-state index is 5.25. The van der Waals surface area contributed by atoms with Gasteiger partial charge in [-0.05, 0) is 25.1 Å². The fraction of sp³-hybridized carbons (Fsp3) is 0.462. The first kappa shape index (κ1) is 11.0. The summed E-state index contributed by atoms with van der Waals surface area (Å²) in [5.74, 6) is 0. The molecule has 2 heterocycles. The van der Waals surface area contributed by atoms with Crippen LogP contribution in [0, 0.1) is 12.3 Å². The number of hydrogen-bond donors (Lipinski definition) is 1. The minimum absolute atomic E-state index is 0.304. The summed E-state index contributed by atoms with van der Waals surface area (Å²) in [4.78, 5) is 4.46. The van der Waals surface area contributed by atoms with Crippen molar-refractivity contribution in [3.05, 3.63) is 23.2 Å². The summed E-state index contributed by atoms with van der Waals surface area (Å²) in [7, 11) is 0. The molecule has 0 bridgehead atoms. The first-order valence-corrected chi connectivity index (χ1v) is 6.65. The third-order valence-electron chi connectivity index (χ3n) is 3.12. The van der Waals surface area contributed by atoms with Gasteiger partial charge >= 0.3 is 0 Å². The standard InChI is InChI=1S/C13H16N2OS/c1-9-15-11-4-3-10(5-12(11)17-9)14-6-13(2)7-16-8-13/h3-5,14H,6-8H2,1-2H3. The van der Waals surface area contributed by atoms with Crippen LogP contribution in [0.1, 0.15) is 11.9 Å². The molecule has 90 valence electrons. The Morgan fingerprint density at radius 2 is 2.29 bits per heavy atom. The van der Waals surface area contributed by atoms with E-state index in [1.54, 1.807) is 11.3 Å². The van der Waals surface area contributed by atoms with Crippen LogP contribution in [0.3, 0.4) is 0 Å². The van der Waals surface area contributed by atoms with Crippen molar-refractivity contribution in [2.24, 2.45) is 5.41 Å². The minimum atomic E-state index is 0.304. The number of aryl methyl sites for hydroxylation is 1. The van der Waals surface area contributed by atoms with Gasteiger partial charge in [0, 0.05) is 17.6 Å². The molecule has 1 N–H and O–H groups in total. The highest BCUT2D eigenvalue weighted by Gasteiger charge is 2.32. The van der Waals surface area contributed by atoms with E-state index in [4.69, 9.17) is 4.74 Å². The maximum absolute atomic E-state index is 5.25.